The molecule has 0 saturated carbocycles. The summed E-state index contributed by atoms with van der Waals surface area (Å²) >= 11 is 0. The van der Waals surface area contributed by atoms with Gasteiger partial charge in [-0.1, -0.05) is 13.0 Å². The number of fused-ring (bicyclic) bond motifs is 1. The summed E-state index contributed by atoms with van der Waals surface area (Å²) in [7, 11) is 0. The third-order valence-corrected chi connectivity index (χ3v) is 4.12. The molecule has 3 heterocycles. The molecule has 132 valence electrons. The van der Waals surface area contributed by atoms with Gasteiger partial charge in [-0.25, -0.2) is 9.50 Å². The number of carbonyl (C=O) groups excluding carboxylic acids is 1. The number of hydrogen-bond donors (Lipinski definition) is 1. The molecule has 0 fully saturated rings. The predicted molar refractivity (Wildman–Crippen MR) is 99.2 cm³/mol. The maximum atomic E-state index is 12.7. The molecule has 0 saturated heterocycles. The van der Waals surface area contributed by atoms with Crippen LogP contribution in [0.25, 0.3) is 17.1 Å². The van der Waals surface area contributed by atoms with Crippen LogP contribution in [0.3, 0.4) is 0 Å². The molecule has 0 aliphatic rings. The van der Waals surface area contributed by atoms with Crippen molar-refractivity contribution < 1.29 is 9.21 Å². The Balaban J connectivity index is 1.71. The van der Waals surface area contributed by atoms with Crippen molar-refractivity contribution in [2.24, 2.45) is 0 Å². The zero-order chi connectivity index (χ0) is 18.8. The molecule has 0 aliphatic carbocycles. The normalized spacial score (nSPS) is 10.7. The molecular formula is C20H15N5O2. The second-order valence-corrected chi connectivity index (χ2v) is 5.91. The quantitative estimate of drug-likeness (QED) is 0.601. The summed E-state index contributed by atoms with van der Waals surface area (Å²) in [5.74, 6) is 0.296. The molecule has 0 aliphatic heterocycles. The lowest BCUT2D eigenvalue weighted by molar-refractivity contribution is 0.102. The lowest BCUT2D eigenvalue weighted by Gasteiger charge is -2.07. The van der Waals surface area contributed by atoms with E-state index in [1.165, 1.54) is 0 Å². The van der Waals surface area contributed by atoms with E-state index in [0.29, 0.717) is 34.8 Å². The molecule has 0 bridgehead atoms. The fourth-order valence-corrected chi connectivity index (χ4v) is 2.81. The first-order chi connectivity index (χ1) is 13.2. The molecule has 0 atom stereocenters. The average molecular weight is 357 g/mol. The van der Waals surface area contributed by atoms with Crippen LogP contribution in [0.4, 0.5) is 5.69 Å². The Hall–Kier alpha value is -3.92. The maximum Gasteiger partial charge on any atom is 0.274 e. The van der Waals surface area contributed by atoms with Gasteiger partial charge in [0.2, 0.25) is 0 Å². The van der Waals surface area contributed by atoms with E-state index < -0.39 is 0 Å². The van der Waals surface area contributed by atoms with E-state index in [1.807, 2.05) is 13.0 Å². The summed E-state index contributed by atoms with van der Waals surface area (Å²) in [6, 6.07) is 15.9. The van der Waals surface area contributed by atoms with Crippen molar-refractivity contribution >= 4 is 17.2 Å². The first-order valence-corrected chi connectivity index (χ1v) is 8.43. The number of benzene rings is 1. The minimum absolute atomic E-state index is 0.285. The van der Waals surface area contributed by atoms with Gasteiger partial charge in [-0.05, 0) is 42.8 Å². The van der Waals surface area contributed by atoms with E-state index in [0.717, 1.165) is 5.69 Å². The number of nitrogens with one attached hydrogen (secondary N) is 1. The number of hydrogen-bond acceptors (Lipinski definition) is 5. The van der Waals surface area contributed by atoms with E-state index in [9.17, 15) is 4.79 Å². The second kappa shape index (κ2) is 6.77. The highest BCUT2D eigenvalue weighted by molar-refractivity contribution is 6.03. The highest BCUT2D eigenvalue weighted by Crippen LogP contribution is 2.21. The van der Waals surface area contributed by atoms with Gasteiger partial charge in [-0.15, -0.1) is 0 Å². The number of nitriles is 1. The van der Waals surface area contributed by atoms with E-state index >= 15 is 0 Å². The van der Waals surface area contributed by atoms with E-state index in [4.69, 9.17) is 9.68 Å². The molecule has 0 spiro atoms. The van der Waals surface area contributed by atoms with Crippen LogP contribution >= 0.6 is 0 Å². The summed E-state index contributed by atoms with van der Waals surface area (Å²) in [5.41, 5.74) is 3.38. The number of aromatic nitrogens is 3. The van der Waals surface area contributed by atoms with Crippen LogP contribution in [0.2, 0.25) is 0 Å². The summed E-state index contributed by atoms with van der Waals surface area (Å²) < 4.78 is 7.11. The highest BCUT2D eigenvalue weighted by Gasteiger charge is 2.15. The Morgan fingerprint density at radius 2 is 2.15 bits per heavy atom. The van der Waals surface area contributed by atoms with Crippen LogP contribution in [0.15, 0.2) is 59.2 Å². The molecule has 1 N–H and O–H groups in total. The summed E-state index contributed by atoms with van der Waals surface area (Å²) in [6.07, 6.45) is 2.27. The number of carbonyl (C=O) groups is 1. The number of amides is 1. The number of rotatable bonds is 4. The minimum Gasteiger partial charge on any atom is -0.463 e. The molecule has 0 unspecified atom stereocenters. The molecule has 0 radical (unpaired) electrons. The van der Waals surface area contributed by atoms with Crippen molar-refractivity contribution in [2.75, 3.05) is 5.32 Å². The van der Waals surface area contributed by atoms with Crippen molar-refractivity contribution in [3.63, 3.8) is 0 Å². The average Bonchev–Trinajstić information content (AvgIpc) is 3.36. The number of anilines is 1. The SMILES string of the molecule is CCc1cc(C(=O)Nc2cccc(C#N)c2)nc2cc(-c3ccco3)nn12. The molecule has 1 aromatic carbocycles. The Bertz CT molecular complexity index is 1170. The van der Waals surface area contributed by atoms with E-state index in [1.54, 1.807) is 53.2 Å². The summed E-state index contributed by atoms with van der Waals surface area (Å²) in [5, 5.41) is 16.3. The third-order valence-electron chi connectivity index (χ3n) is 4.12. The van der Waals surface area contributed by atoms with E-state index in [2.05, 4.69) is 21.5 Å². The van der Waals surface area contributed by atoms with Gasteiger partial charge in [-0.3, -0.25) is 4.79 Å². The maximum absolute atomic E-state index is 12.7. The van der Waals surface area contributed by atoms with Crippen LogP contribution in [-0.4, -0.2) is 20.5 Å². The Morgan fingerprint density at radius 1 is 1.26 bits per heavy atom. The molecule has 4 aromatic rings. The van der Waals surface area contributed by atoms with Crippen molar-refractivity contribution in [1.82, 2.24) is 14.6 Å². The first-order valence-electron chi connectivity index (χ1n) is 8.43. The molecule has 1 amide bonds. The first kappa shape index (κ1) is 16.5. The Kier molecular flexibility index (Phi) is 4.15. The summed E-state index contributed by atoms with van der Waals surface area (Å²) in [6.45, 7) is 1.99. The Labute approximate surface area is 154 Å². The van der Waals surface area contributed by atoms with Crippen LogP contribution < -0.4 is 5.32 Å². The zero-order valence-corrected chi connectivity index (χ0v) is 14.5. The lowest BCUT2D eigenvalue weighted by Crippen LogP contribution is -2.15. The second-order valence-electron chi connectivity index (χ2n) is 5.91. The smallest absolute Gasteiger partial charge is 0.274 e. The molecule has 4 rings (SSSR count). The highest BCUT2D eigenvalue weighted by atomic mass is 16.3. The van der Waals surface area contributed by atoms with Gasteiger partial charge < -0.3 is 9.73 Å². The van der Waals surface area contributed by atoms with E-state index in [-0.39, 0.29) is 11.6 Å². The van der Waals surface area contributed by atoms with Crippen LogP contribution in [0.1, 0.15) is 28.7 Å². The molecule has 27 heavy (non-hydrogen) atoms. The fourth-order valence-electron chi connectivity index (χ4n) is 2.81. The van der Waals surface area contributed by atoms with Crippen molar-refractivity contribution in [3.8, 4) is 17.5 Å². The van der Waals surface area contributed by atoms with Gasteiger partial charge in [0.25, 0.3) is 5.91 Å². The zero-order valence-electron chi connectivity index (χ0n) is 14.5. The molecular weight excluding hydrogens is 342 g/mol. The monoisotopic (exact) mass is 357 g/mol. The summed E-state index contributed by atoms with van der Waals surface area (Å²) in [4.78, 5) is 17.1. The van der Waals surface area contributed by atoms with Crippen molar-refractivity contribution in [1.29, 1.82) is 5.26 Å². The van der Waals surface area contributed by atoms with Crippen molar-refractivity contribution in [2.45, 2.75) is 13.3 Å². The molecule has 3 aromatic heterocycles. The van der Waals surface area contributed by atoms with Gasteiger partial charge in [0.1, 0.15) is 11.4 Å². The lowest BCUT2D eigenvalue weighted by atomic mass is 10.2. The third kappa shape index (κ3) is 3.16. The van der Waals surface area contributed by atoms with Gasteiger partial charge >= 0.3 is 0 Å². The van der Waals surface area contributed by atoms with Gasteiger partial charge in [0.05, 0.1) is 17.9 Å². The number of furan rings is 1. The minimum atomic E-state index is -0.344. The van der Waals surface area contributed by atoms with Gasteiger partial charge in [0.15, 0.2) is 11.4 Å². The predicted octanol–water partition coefficient (Wildman–Crippen LogP) is 3.68. The largest absolute Gasteiger partial charge is 0.463 e. The van der Waals surface area contributed by atoms with Crippen LogP contribution in [-0.2, 0) is 6.42 Å². The number of aryl methyl sites for hydroxylation is 1. The number of nitrogens with zero attached hydrogens (tertiary/aromatic N) is 4. The molecule has 7 heteroatoms. The topological polar surface area (TPSA) is 96.2 Å². The molecule has 7 nitrogen and oxygen atoms in total. The fraction of sp³-hybridized carbons (Fsp3) is 0.100. The van der Waals surface area contributed by atoms with Crippen molar-refractivity contribution in [3.05, 3.63) is 71.7 Å². The van der Waals surface area contributed by atoms with Crippen LogP contribution in [0, 0.1) is 11.3 Å². The van der Waals surface area contributed by atoms with Gasteiger partial charge in [0, 0.05) is 17.4 Å². The Morgan fingerprint density at radius 3 is 2.89 bits per heavy atom. The standard InChI is InChI=1S/C20H15N5O2/c1-2-15-10-17(20(26)22-14-6-3-5-13(9-14)12-21)23-19-11-16(24-25(15)19)18-7-4-8-27-18/h3-11H,2H2,1H3,(H,22,26). The van der Waals surface area contributed by atoms with Gasteiger partial charge in [-0.2, -0.15) is 10.4 Å². The van der Waals surface area contributed by atoms with Crippen LogP contribution in [0.5, 0.6) is 0 Å².